The first-order chi connectivity index (χ1) is 13.1. The lowest BCUT2D eigenvalue weighted by Gasteiger charge is -2.22. The number of nitrogens with zero attached hydrogens (tertiary/aromatic N) is 1. The van der Waals surface area contributed by atoms with Gasteiger partial charge in [0.15, 0.2) is 0 Å². The summed E-state index contributed by atoms with van der Waals surface area (Å²) in [7, 11) is 0. The summed E-state index contributed by atoms with van der Waals surface area (Å²) in [4.78, 5) is 37.6. The molecule has 1 fully saturated rings. The molecular formula is C20H20N4O3. The molecule has 0 spiro atoms. The van der Waals surface area contributed by atoms with Crippen LogP contribution in [-0.2, 0) is 22.7 Å². The van der Waals surface area contributed by atoms with Crippen LogP contribution in [0.2, 0.25) is 0 Å². The zero-order valence-corrected chi connectivity index (χ0v) is 14.7. The Morgan fingerprint density at radius 3 is 2.07 bits per heavy atom. The zero-order valence-electron chi connectivity index (χ0n) is 14.7. The number of carbonyl (C=O) groups is 3. The van der Waals surface area contributed by atoms with Crippen LogP contribution in [0.5, 0.6) is 0 Å². The van der Waals surface area contributed by atoms with E-state index in [1.54, 1.807) is 4.90 Å². The minimum Gasteiger partial charge on any atom is -0.344 e. The first-order valence-electron chi connectivity index (χ1n) is 8.92. The van der Waals surface area contributed by atoms with Crippen LogP contribution in [0, 0.1) is 0 Å². The van der Waals surface area contributed by atoms with E-state index in [0.717, 1.165) is 22.3 Å². The Hall–Kier alpha value is -3.35. The molecule has 1 atom stereocenters. The molecule has 1 unspecified atom stereocenters. The maximum absolute atomic E-state index is 12.7. The minimum atomic E-state index is -0.594. The zero-order chi connectivity index (χ0) is 18.8. The van der Waals surface area contributed by atoms with Crippen molar-refractivity contribution in [2.24, 2.45) is 0 Å². The Morgan fingerprint density at radius 2 is 1.52 bits per heavy atom. The molecule has 138 valence electrons. The standard InChI is InChI=1S/C20H20N4O3/c25-18-10-9-17(21-18)19(26)22-23-20(27)24-11-13-5-1-3-7-15(13)16-8-4-2-6-14(16)12-24/h1-8,17H,9-12H2,(H,21,25)(H,22,26)(H,23,27). The molecule has 4 amide bonds. The topological polar surface area (TPSA) is 90.5 Å². The monoisotopic (exact) mass is 364 g/mol. The molecule has 0 bridgehead atoms. The SMILES string of the molecule is O=C1CCC(C(=O)NNC(=O)N2Cc3ccccc3-c3ccccc3C2)N1. The summed E-state index contributed by atoms with van der Waals surface area (Å²) >= 11 is 0. The normalized spacial score (nSPS) is 18.0. The highest BCUT2D eigenvalue weighted by Crippen LogP contribution is 2.32. The van der Waals surface area contributed by atoms with E-state index in [0.29, 0.717) is 25.9 Å². The second-order valence-corrected chi connectivity index (χ2v) is 6.75. The van der Waals surface area contributed by atoms with Crippen LogP contribution in [0.15, 0.2) is 48.5 Å². The van der Waals surface area contributed by atoms with E-state index < -0.39 is 11.9 Å². The third-order valence-electron chi connectivity index (χ3n) is 4.94. The summed E-state index contributed by atoms with van der Waals surface area (Å²) in [5.74, 6) is -0.563. The van der Waals surface area contributed by atoms with Gasteiger partial charge in [0, 0.05) is 19.5 Å². The van der Waals surface area contributed by atoms with Gasteiger partial charge in [-0.2, -0.15) is 0 Å². The van der Waals surface area contributed by atoms with Crippen molar-refractivity contribution in [1.82, 2.24) is 21.1 Å². The van der Waals surface area contributed by atoms with Gasteiger partial charge in [0.1, 0.15) is 6.04 Å². The smallest absolute Gasteiger partial charge is 0.336 e. The number of fused-ring (bicyclic) bond motifs is 3. The van der Waals surface area contributed by atoms with Gasteiger partial charge in [-0.3, -0.25) is 15.0 Å². The lowest BCUT2D eigenvalue weighted by molar-refractivity contribution is -0.126. The largest absolute Gasteiger partial charge is 0.344 e. The number of benzene rings is 2. The Morgan fingerprint density at radius 1 is 0.926 bits per heavy atom. The van der Waals surface area contributed by atoms with Crippen molar-refractivity contribution in [3.05, 3.63) is 59.7 Å². The Bertz CT molecular complexity index is 864. The fourth-order valence-electron chi connectivity index (χ4n) is 3.54. The highest BCUT2D eigenvalue weighted by atomic mass is 16.2. The molecule has 2 aromatic carbocycles. The molecule has 4 rings (SSSR count). The molecule has 7 heteroatoms. The fraction of sp³-hybridized carbons (Fsp3) is 0.250. The van der Waals surface area contributed by atoms with Gasteiger partial charge < -0.3 is 10.2 Å². The van der Waals surface area contributed by atoms with E-state index in [2.05, 4.69) is 28.3 Å². The van der Waals surface area contributed by atoms with Crippen LogP contribution < -0.4 is 16.2 Å². The van der Waals surface area contributed by atoms with Gasteiger partial charge >= 0.3 is 6.03 Å². The number of rotatable bonds is 1. The van der Waals surface area contributed by atoms with E-state index in [9.17, 15) is 14.4 Å². The van der Waals surface area contributed by atoms with E-state index in [4.69, 9.17) is 0 Å². The molecule has 2 aliphatic heterocycles. The average Bonchev–Trinajstić information content (AvgIpc) is 3.04. The van der Waals surface area contributed by atoms with Crippen molar-refractivity contribution >= 4 is 17.8 Å². The second-order valence-electron chi connectivity index (χ2n) is 6.75. The number of amides is 4. The van der Waals surface area contributed by atoms with Crippen molar-refractivity contribution in [1.29, 1.82) is 0 Å². The van der Waals surface area contributed by atoms with Gasteiger partial charge in [0.25, 0.3) is 5.91 Å². The van der Waals surface area contributed by atoms with E-state index >= 15 is 0 Å². The van der Waals surface area contributed by atoms with Crippen molar-refractivity contribution < 1.29 is 14.4 Å². The number of urea groups is 1. The van der Waals surface area contributed by atoms with Crippen molar-refractivity contribution in [3.8, 4) is 11.1 Å². The summed E-state index contributed by atoms with van der Waals surface area (Å²) in [6, 6.07) is 15.0. The van der Waals surface area contributed by atoms with E-state index in [-0.39, 0.29) is 11.9 Å². The average molecular weight is 364 g/mol. The number of nitrogens with one attached hydrogen (secondary N) is 3. The van der Waals surface area contributed by atoms with Crippen LogP contribution in [-0.4, -0.2) is 28.8 Å². The quantitative estimate of drug-likeness (QED) is 0.673. The molecule has 0 aliphatic carbocycles. The molecule has 2 heterocycles. The number of carbonyl (C=O) groups excluding carboxylic acids is 3. The predicted molar refractivity (Wildman–Crippen MR) is 99.0 cm³/mol. The minimum absolute atomic E-state index is 0.151. The van der Waals surface area contributed by atoms with Crippen LogP contribution in [0.4, 0.5) is 4.79 Å². The lowest BCUT2D eigenvalue weighted by Crippen LogP contribution is -2.52. The predicted octanol–water partition coefficient (Wildman–Crippen LogP) is 1.69. The summed E-state index contributed by atoms with van der Waals surface area (Å²) in [5.41, 5.74) is 9.21. The number of hydrogen-bond acceptors (Lipinski definition) is 3. The fourth-order valence-corrected chi connectivity index (χ4v) is 3.54. The van der Waals surface area contributed by atoms with Crippen molar-refractivity contribution in [2.75, 3.05) is 0 Å². The third-order valence-corrected chi connectivity index (χ3v) is 4.94. The maximum Gasteiger partial charge on any atom is 0.336 e. The highest BCUT2D eigenvalue weighted by Gasteiger charge is 2.28. The van der Waals surface area contributed by atoms with E-state index in [1.807, 2.05) is 36.4 Å². The van der Waals surface area contributed by atoms with Gasteiger partial charge in [0.05, 0.1) is 0 Å². The van der Waals surface area contributed by atoms with Crippen LogP contribution in [0.3, 0.4) is 0 Å². The number of hydrogen-bond donors (Lipinski definition) is 3. The Labute approximate surface area is 156 Å². The van der Waals surface area contributed by atoms with E-state index in [1.165, 1.54) is 0 Å². The van der Waals surface area contributed by atoms with Crippen LogP contribution in [0.1, 0.15) is 24.0 Å². The molecular weight excluding hydrogens is 344 g/mol. The summed E-state index contributed by atoms with van der Waals surface area (Å²) in [6.07, 6.45) is 0.761. The first kappa shape index (κ1) is 17.1. The molecule has 1 saturated heterocycles. The molecule has 0 radical (unpaired) electrons. The Kier molecular flexibility index (Phi) is 4.50. The van der Waals surface area contributed by atoms with Crippen LogP contribution >= 0.6 is 0 Å². The van der Waals surface area contributed by atoms with Gasteiger partial charge in [-0.05, 0) is 28.7 Å². The van der Waals surface area contributed by atoms with Gasteiger partial charge in [-0.15, -0.1) is 0 Å². The molecule has 3 N–H and O–H groups in total. The summed E-state index contributed by atoms with van der Waals surface area (Å²) < 4.78 is 0. The maximum atomic E-state index is 12.7. The first-order valence-corrected chi connectivity index (χ1v) is 8.92. The lowest BCUT2D eigenvalue weighted by atomic mass is 9.97. The van der Waals surface area contributed by atoms with Crippen molar-refractivity contribution in [2.45, 2.75) is 32.0 Å². The number of hydrazine groups is 1. The van der Waals surface area contributed by atoms with Gasteiger partial charge in [-0.25, -0.2) is 10.2 Å². The van der Waals surface area contributed by atoms with Crippen LogP contribution in [0.25, 0.3) is 11.1 Å². The molecule has 7 nitrogen and oxygen atoms in total. The Balaban J connectivity index is 1.49. The summed E-state index contributed by atoms with van der Waals surface area (Å²) in [5, 5.41) is 2.58. The molecule has 2 aliphatic rings. The molecule has 0 saturated carbocycles. The van der Waals surface area contributed by atoms with Crippen molar-refractivity contribution in [3.63, 3.8) is 0 Å². The third kappa shape index (κ3) is 3.48. The second kappa shape index (κ2) is 7.11. The highest BCUT2D eigenvalue weighted by molar-refractivity contribution is 5.91. The molecule has 27 heavy (non-hydrogen) atoms. The van der Waals surface area contributed by atoms with Gasteiger partial charge in [0.2, 0.25) is 5.91 Å². The summed E-state index contributed by atoms with van der Waals surface area (Å²) in [6.45, 7) is 0.874. The molecule has 2 aromatic rings. The molecule has 0 aromatic heterocycles. The van der Waals surface area contributed by atoms with Gasteiger partial charge in [-0.1, -0.05) is 48.5 Å².